The van der Waals surface area contributed by atoms with Crippen LogP contribution in [0.15, 0.2) is 72.8 Å². The van der Waals surface area contributed by atoms with E-state index in [-0.39, 0.29) is 27.5 Å². The highest BCUT2D eigenvalue weighted by atomic mass is 32.1. The Labute approximate surface area is 176 Å². The lowest BCUT2D eigenvalue weighted by molar-refractivity contribution is 0.0924. The van der Waals surface area contributed by atoms with Crippen LogP contribution in [0, 0.1) is 5.82 Å². The normalized spacial score (nSPS) is 12.5. The topological polar surface area (TPSA) is 78.5 Å². The Hall–Kier alpha value is -3.91. The molecule has 0 bridgehead atoms. The van der Waals surface area contributed by atoms with Gasteiger partial charge in [0, 0.05) is 0 Å². The van der Waals surface area contributed by atoms with Crippen molar-refractivity contribution in [2.45, 2.75) is 0 Å². The number of benzene rings is 3. The number of nitrogens with one attached hydrogen (secondary N) is 2. The molecule has 0 saturated heterocycles. The minimum absolute atomic E-state index is 0.130. The lowest BCUT2D eigenvalue weighted by Crippen LogP contribution is -2.35. The molecule has 0 spiro atoms. The fourth-order valence-electron chi connectivity index (χ4n) is 3.17. The third-order valence-electron chi connectivity index (χ3n) is 4.52. The molecule has 4 rings (SSSR count). The van der Waals surface area contributed by atoms with Crippen molar-refractivity contribution in [3.05, 3.63) is 95.3 Å². The molecule has 8 heteroatoms. The van der Waals surface area contributed by atoms with Crippen molar-refractivity contribution in [2.24, 2.45) is 0 Å². The van der Waals surface area contributed by atoms with Crippen molar-refractivity contribution in [3.8, 4) is 0 Å². The summed E-state index contributed by atoms with van der Waals surface area (Å²) < 4.78 is 13.8. The van der Waals surface area contributed by atoms with Crippen molar-refractivity contribution < 1.29 is 18.8 Å². The van der Waals surface area contributed by atoms with Crippen LogP contribution in [0.2, 0.25) is 0 Å². The number of thiocarbonyl (C=S) groups is 1. The van der Waals surface area contributed by atoms with Crippen molar-refractivity contribution in [1.82, 2.24) is 5.32 Å². The highest BCUT2D eigenvalue weighted by molar-refractivity contribution is 7.80. The Morgan fingerprint density at radius 3 is 2.30 bits per heavy atom. The predicted octanol–water partition coefficient (Wildman–Crippen LogP) is 3.75. The zero-order valence-electron chi connectivity index (χ0n) is 15.4. The number of hydrogen-bond donors (Lipinski definition) is 2. The molecule has 1 heterocycles. The molecule has 30 heavy (non-hydrogen) atoms. The molecule has 0 radical (unpaired) electrons. The molecule has 0 atom stereocenters. The number of fused-ring (bicyclic) bond motifs is 1. The summed E-state index contributed by atoms with van der Waals surface area (Å²) in [5.41, 5.74) is 0.917. The highest BCUT2D eigenvalue weighted by Crippen LogP contribution is 2.32. The van der Waals surface area contributed by atoms with E-state index in [4.69, 9.17) is 12.2 Å². The maximum Gasteiger partial charge on any atom is 0.268 e. The van der Waals surface area contributed by atoms with Crippen LogP contribution >= 0.6 is 12.2 Å². The Bertz CT molecular complexity index is 1200. The van der Waals surface area contributed by atoms with Gasteiger partial charge in [0.05, 0.1) is 28.1 Å². The third kappa shape index (κ3) is 3.44. The van der Waals surface area contributed by atoms with Crippen molar-refractivity contribution in [2.75, 3.05) is 10.2 Å². The van der Waals surface area contributed by atoms with Crippen LogP contribution in [0.25, 0.3) is 0 Å². The van der Waals surface area contributed by atoms with Crippen LogP contribution in [-0.4, -0.2) is 22.8 Å². The van der Waals surface area contributed by atoms with Crippen LogP contribution < -0.4 is 15.5 Å². The second kappa shape index (κ2) is 7.84. The number of carbonyl (C=O) groups is 3. The number of anilines is 2. The van der Waals surface area contributed by atoms with Crippen molar-refractivity contribution >= 4 is 46.4 Å². The molecule has 3 aromatic carbocycles. The molecular weight excluding hydrogens is 405 g/mol. The Kier molecular flexibility index (Phi) is 5.07. The van der Waals surface area contributed by atoms with Gasteiger partial charge in [-0.05, 0) is 48.6 Å². The summed E-state index contributed by atoms with van der Waals surface area (Å²) in [5.74, 6) is -2.37. The maximum absolute atomic E-state index is 13.8. The Morgan fingerprint density at radius 1 is 0.867 bits per heavy atom. The molecular formula is C22H14FN3O3S. The number of hydrogen-bond acceptors (Lipinski definition) is 4. The Morgan fingerprint density at radius 2 is 1.57 bits per heavy atom. The monoisotopic (exact) mass is 419 g/mol. The van der Waals surface area contributed by atoms with Gasteiger partial charge in [0.1, 0.15) is 5.82 Å². The molecule has 3 amide bonds. The first-order valence-electron chi connectivity index (χ1n) is 8.91. The second-order valence-electron chi connectivity index (χ2n) is 6.40. The first kappa shape index (κ1) is 19.4. The summed E-state index contributed by atoms with van der Waals surface area (Å²) in [5, 5.41) is 5.01. The number of carbonyl (C=O) groups excluding carboxylic acids is 3. The average Bonchev–Trinajstić information content (AvgIpc) is 3.00. The van der Waals surface area contributed by atoms with Gasteiger partial charge < -0.3 is 5.32 Å². The van der Waals surface area contributed by atoms with Crippen LogP contribution in [0.1, 0.15) is 31.1 Å². The fraction of sp³-hybridized carbons (Fsp3) is 0. The highest BCUT2D eigenvalue weighted by Gasteiger charge is 2.38. The predicted molar refractivity (Wildman–Crippen MR) is 114 cm³/mol. The lowest BCUT2D eigenvalue weighted by atomic mass is 10.1. The second-order valence-corrected chi connectivity index (χ2v) is 6.81. The fourth-order valence-corrected chi connectivity index (χ4v) is 3.37. The third-order valence-corrected chi connectivity index (χ3v) is 4.73. The number of para-hydroxylation sites is 1. The molecule has 0 aliphatic carbocycles. The maximum atomic E-state index is 13.8. The molecule has 0 aromatic heterocycles. The Balaban J connectivity index is 1.58. The van der Waals surface area contributed by atoms with Gasteiger partial charge in [0.15, 0.2) is 5.11 Å². The molecule has 2 N–H and O–H groups in total. The quantitative estimate of drug-likeness (QED) is 0.499. The first-order valence-corrected chi connectivity index (χ1v) is 9.32. The SMILES string of the molecule is O=C(NC(=S)Nc1cccc2c1C(=O)N(c1ccccc1)C2=O)c1ccccc1F. The number of halogens is 1. The van der Waals surface area contributed by atoms with E-state index in [9.17, 15) is 18.8 Å². The molecule has 3 aromatic rings. The molecule has 1 aliphatic rings. The standard InChI is InChI=1S/C22H14FN3O3S/c23-16-11-5-4-9-14(16)19(27)25-22(30)24-17-12-6-10-15-18(17)21(29)26(20(15)28)13-7-2-1-3-8-13/h1-12H,(H2,24,25,27,30). The van der Waals surface area contributed by atoms with E-state index in [2.05, 4.69) is 10.6 Å². The smallest absolute Gasteiger partial charge is 0.268 e. The summed E-state index contributed by atoms with van der Waals surface area (Å²) in [6.45, 7) is 0. The van der Waals surface area contributed by atoms with Crippen LogP contribution in [0.3, 0.4) is 0 Å². The zero-order chi connectivity index (χ0) is 21.3. The summed E-state index contributed by atoms with van der Waals surface area (Å²) >= 11 is 5.14. The van der Waals surface area contributed by atoms with E-state index in [0.717, 1.165) is 11.0 Å². The van der Waals surface area contributed by atoms with E-state index in [1.807, 2.05) is 0 Å². The lowest BCUT2D eigenvalue weighted by Gasteiger charge is -2.14. The van der Waals surface area contributed by atoms with Crippen molar-refractivity contribution in [3.63, 3.8) is 0 Å². The molecule has 6 nitrogen and oxygen atoms in total. The van der Waals surface area contributed by atoms with Gasteiger partial charge in [0.2, 0.25) is 0 Å². The number of amides is 3. The van der Waals surface area contributed by atoms with Gasteiger partial charge in [0.25, 0.3) is 17.7 Å². The molecule has 148 valence electrons. The molecule has 1 aliphatic heterocycles. The van der Waals surface area contributed by atoms with Gasteiger partial charge in [-0.3, -0.25) is 19.7 Å². The molecule has 0 unspecified atom stereocenters. The van der Waals surface area contributed by atoms with E-state index < -0.39 is 23.5 Å². The van der Waals surface area contributed by atoms with E-state index in [1.165, 1.54) is 18.2 Å². The van der Waals surface area contributed by atoms with Gasteiger partial charge in [-0.25, -0.2) is 9.29 Å². The summed E-state index contributed by atoms with van der Waals surface area (Å²) in [4.78, 5) is 39.1. The minimum atomic E-state index is -0.730. The first-order chi connectivity index (χ1) is 14.5. The van der Waals surface area contributed by atoms with Gasteiger partial charge in [-0.15, -0.1) is 0 Å². The zero-order valence-corrected chi connectivity index (χ0v) is 16.2. The number of imide groups is 1. The summed E-state index contributed by atoms with van der Waals surface area (Å²) in [7, 11) is 0. The average molecular weight is 419 g/mol. The van der Waals surface area contributed by atoms with Crippen molar-refractivity contribution in [1.29, 1.82) is 0 Å². The van der Waals surface area contributed by atoms with Crippen LogP contribution in [-0.2, 0) is 0 Å². The van der Waals surface area contributed by atoms with E-state index >= 15 is 0 Å². The van der Waals surface area contributed by atoms with Crippen LogP contribution in [0.5, 0.6) is 0 Å². The van der Waals surface area contributed by atoms with Gasteiger partial charge >= 0.3 is 0 Å². The van der Waals surface area contributed by atoms with E-state index in [1.54, 1.807) is 48.5 Å². The van der Waals surface area contributed by atoms with Crippen LogP contribution in [0.4, 0.5) is 15.8 Å². The largest absolute Gasteiger partial charge is 0.332 e. The van der Waals surface area contributed by atoms with E-state index in [0.29, 0.717) is 5.69 Å². The van der Waals surface area contributed by atoms with Gasteiger partial charge in [-0.2, -0.15) is 0 Å². The number of nitrogens with zero attached hydrogens (tertiary/aromatic N) is 1. The molecule has 0 fully saturated rings. The van der Waals surface area contributed by atoms with Gasteiger partial charge in [-0.1, -0.05) is 36.4 Å². The summed E-state index contributed by atoms with van der Waals surface area (Å²) in [6, 6.07) is 18.8. The molecule has 0 saturated carbocycles. The number of rotatable bonds is 3. The summed E-state index contributed by atoms with van der Waals surface area (Å²) in [6.07, 6.45) is 0. The minimum Gasteiger partial charge on any atom is -0.332 e.